The summed E-state index contributed by atoms with van der Waals surface area (Å²) in [6.45, 7) is 3.71. The molecule has 1 amide bonds. The van der Waals surface area contributed by atoms with Gasteiger partial charge in [0.25, 0.3) is 0 Å². The van der Waals surface area contributed by atoms with Crippen LogP contribution in [0.1, 0.15) is 30.0 Å². The Hall–Kier alpha value is -3.16. The predicted octanol–water partition coefficient (Wildman–Crippen LogP) is 4.03. The molecule has 0 saturated heterocycles. The van der Waals surface area contributed by atoms with E-state index in [0.717, 1.165) is 18.4 Å². The molecule has 0 spiro atoms. The van der Waals surface area contributed by atoms with Crippen LogP contribution < -0.4 is 14.8 Å². The number of hydrogen-bond donors (Lipinski definition) is 2. The molecule has 0 aliphatic heterocycles. The average molecular weight is 481 g/mol. The molecule has 7 heteroatoms. The molecule has 0 aromatic heterocycles. The molecule has 34 heavy (non-hydrogen) atoms. The highest BCUT2D eigenvalue weighted by atomic mass is 32.2. The molecule has 6 nitrogen and oxygen atoms in total. The van der Waals surface area contributed by atoms with Crippen molar-refractivity contribution in [1.82, 2.24) is 10.0 Å². The summed E-state index contributed by atoms with van der Waals surface area (Å²) in [7, 11) is -2.39. The molecule has 0 saturated carbocycles. The summed E-state index contributed by atoms with van der Waals surface area (Å²) in [5.41, 5.74) is 2.76. The molecule has 0 bridgehead atoms. The smallest absolute Gasteiger partial charge is 0.241 e. The van der Waals surface area contributed by atoms with Gasteiger partial charge in [-0.15, -0.1) is 0 Å². The molecule has 2 N–H and O–H groups in total. The topological polar surface area (TPSA) is 84.5 Å². The van der Waals surface area contributed by atoms with Crippen LogP contribution in [0.2, 0.25) is 0 Å². The first-order valence-corrected chi connectivity index (χ1v) is 12.8. The van der Waals surface area contributed by atoms with Gasteiger partial charge in [0, 0.05) is 6.04 Å². The summed E-state index contributed by atoms with van der Waals surface area (Å²) in [5.74, 6) is 0.253. The van der Waals surface area contributed by atoms with Crippen molar-refractivity contribution in [1.29, 1.82) is 0 Å². The van der Waals surface area contributed by atoms with Crippen LogP contribution in [0.25, 0.3) is 0 Å². The first-order chi connectivity index (χ1) is 16.3. The summed E-state index contributed by atoms with van der Waals surface area (Å²) >= 11 is 0. The molecule has 0 fully saturated rings. The lowest BCUT2D eigenvalue weighted by atomic mass is 10.0. The van der Waals surface area contributed by atoms with E-state index < -0.39 is 16.1 Å². The van der Waals surface area contributed by atoms with Crippen LogP contribution in [-0.4, -0.2) is 33.5 Å². The lowest BCUT2D eigenvalue weighted by Gasteiger charge is -2.22. The monoisotopic (exact) mass is 480 g/mol. The Bertz CT molecular complexity index is 1180. The Balaban J connectivity index is 1.74. The summed E-state index contributed by atoms with van der Waals surface area (Å²) in [5, 5.41) is 2.99. The molecule has 0 heterocycles. The van der Waals surface area contributed by atoms with E-state index in [1.165, 1.54) is 18.7 Å². The third kappa shape index (κ3) is 7.17. The van der Waals surface area contributed by atoms with E-state index in [1.807, 2.05) is 55.5 Å². The van der Waals surface area contributed by atoms with Gasteiger partial charge in [0.1, 0.15) is 11.8 Å². The zero-order valence-corrected chi connectivity index (χ0v) is 20.6. The molecule has 2 atom stereocenters. The summed E-state index contributed by atoms with van der Waals surface area (Å²) in [4.78, 5) is 13.3. The minimum atomic E-state index is -3.93. The van der Waals surface area contributed by atoms with Gasteiger partial charge in [-0.1, -0.05) is 60.7 Å². The van der Waals surface area contributed by atoms with Crippen molar-refractivity contribution in [2.24, 2.45) is 0 Å². The maximum atomic E-state index is 13.2. The number of nitrogens with one attached hydrogen (secondary N) is 2. The van der Waals surface area contributed by atoms with Crippen LogP contribution in [0.5, 0.6) is 5.75 Å². The quantitative estimate of drug-likeness (QED) is 0.434. The van der Waals surface area contributed by atoms with Crippen molar-refractivity contribution < 1.29 is 17.9 Å². The van der Waals surface area contributed by atoms with E-state index in [1.54, 1.807) is 19.1 Å². The molecule has 3 aromatic rings. The Kier molecular flexibility index (Phi) is 8.85. The highest BCUT2D eigenvalue weighted by molar-refractivity contribution is 7.89. The second kappa shape index (κ2) is 11.8. The van der Waals surface area contributed by atoms with Gasteiger partial charge < -0.3 is 10.1 Å². The van der Waals surface area contributed by atoms with Crippen molar-refractivity contribution in [3.8, 4) is 5.75 Å². The molecular formula is C27H32N2O4S. The van der Waals surface area contributed by atoms with Gasteiger partial charge in [-0.3, -0.25) is 4.79 Å². The molecular weight excluding hydrogens is 448 g/mol. The fourth-order valence-corrected chi connectivity index (χ4v) is 5.03. The van der Waals surface area contributed by atoms with E-state index in [9.17, 15) is 13.2 Å². The Morgan fingerprint density at radius 1 is 0.941 bits per heavy atom. The Morgan fingerprint density at radius 3 is 2.15 bits per heavy atom. The SMILES string of the molecule is COc1ccc(S(=O)(=O)N[C@H](Cc2ccccc2)C(=O)N[C@H](C)CCc2ccccc2)cc1C. The number of benzene rings is 3. The van der Waals surface area contributed by atoms with Crippen molar-refractivity contribution in [3.05, 3.63) is 95.6 Å². The maximum Gasteiger partial charge on any atom is 0.241 e. The second-order valence-electron chi connectivity index (χ2n) is 8.43. The number of carbonyl (C=O) groups is 1. The number of sulfonamides is 1. The maximum absolute atomic E-state index is 13.2. The van der Waals surface area contributed by atoms with Crippen molar-refractivity contribution in [2.45, 2.75) is 50.1 Å². The van der Waals surface area contributed by atoms with E-state index in [-0.39, 0.29) is 23.3 Å². The highest BCUT2D eigenvalue weighted by Crippen LogP contribution is 2.21. The Morgan fingerprint density at radius 2 is 1.56 bits per heavy atom. The van der Waals surface area contributed by atoms with Gasteiger partial charge in [0.2, 0.25) is 15.9 Å². The largest absolute Gasteiger partial charge is 0.496 e. The zero-order valence-electron chi connectivity index (χ0n) is 19.8. The van der Waals surface area contributed by atoms with Gasteiger partial charge in [-0.05, 0) is 68.0 Å². The van der Waals surface area contributed by atoms with Crippen molar-refractivity contribution in [2.75, 3.05) is 7.11 Å². The third-order valence-electron chi connectivity index (χ3n) is 5.67. The molecule has 3 aromatic carbocycles. The Labute approximate surface area is 202 Å². The van der Waals surface area contributed by atoms with E-state index in [4.69, 9.17) is 4.74 Å². The van der Waals surface area contributed by atoms with Gasteiger partial charge in [-0.25, -0.2) is 8.42 Å². The molecule has 0 aliphatic carbocycles. The fraction of sp³-hybridized carbons (Fsp3) is 0.296. The van der Waals surface area contributed by atoms with Crippen molar-refractivity contribution in [3.63, 3.8) is 0 Å². The molecule has 0 unspecified atom stereocenters. The fourth-order valence-electron chi connectivity index (χ4n) is 3.75. The molecule has 0 aliphatic rings. The number of aryl methyl sites for hydroxylation is 2. The van der Waals surface area contributed by atoms with Crippen LogP contribution in [0.3, 0.4) is 0 Å². The van der Waals surface area contributed by atoms with Gasteiger partial charge in [0.05, 0.1) is 12.0 Å². The zero-order chi connectivity index (χ0) is 24.6. The minimum absolute atomic E-state index is 0.0915. The van der Waals surface area contributed by atoms with E-state index in [2.05, 4.69) is 22.2 Å². The second-order valence-corrected chi connectivity index (χ2v) is 10.1. The first kappa shape index (κ1) is 25.5. The average Bonchev–Trinajstić information content (AvgIpc) is 2.83. The lowest BCUT2D eigenvalue weighted by molar-refractivity contribution is -0.123. The van der Waals surface area contributed by atoms with Gasteiger partial charge in [-0.2, -0.15) is 4.72 Å². The molecule has 3 rings (SSSR count). The third-order valence-corrected chi connectivity index (χ3v) is 7.14. The summed E-state index contributed by atoms with van der Waals surface area (Å²) < 4.78 is 34.2. The minimum Gasteiger partial charge on any atom is -0.496 e. The lowest BCUT2D eigenvalue weighted by Crippen LogP contribution is -2.50. The predicted molar refractivity (Wildman–Crippen MR) is 134 cm³/mol. The molecule has 0 radical (unpaired) electrons. The first-order valence-electron chi connectivity index (χ1n) is 11.3. The summed E-state index contributed by atoms with van der Waals surface area (Å²) in [6.07, 6.45) is 1.81. The van der Waals surface area contributed by atoms with E-state index in [0.29, 0.717) is 11.3 Å². The van der Waals surface area contributed by atoms with Gasteiger partial charge >= 0.3 is 0 Å². The summed E-state index contributed by atoms with van der Waals surface area (Å²) in [6, 6.07) is 23.0. The number of rotatable bonds is 11. The normalized spacial score (nSPS) is 13.1. The van der Waals surface area contributed by atoms with Crippen LogP contribution in [0, 0.1) is 6.92 Å². The van der Waals surface area contributed by atoms with E-state index >= 15 is 0 Å². The van der Waals surface area contributed by atoms with Crippen LogP contribution >= 0.6 is 0 Å². The standard InChI is InChI=1S/C27H32N2O4S/c1-20-18-24(16-17-26(20)33-3)34(31,32)29-25(19-23-12-8-5-9-13-23)27(30)28-21(2)14-15-22-10-6-4-7-11-22/h4-13,16-18,21,25,29H,14-15,19H2,1-3H3,(H,28,30)/t21-,25-/m1/s1. The van der Waals surface area contributed by atoms with Crippen molar-refractivity contribution >= 4 is 15.9 Å². The highest BCUT2D eigenvalue weighted by Gasteiger charge is 2.27. The van der Waals surface area contributed by atoms with Crippen LogP contribution in [0.4, 0.5) is 0 Å². The molecule has 180 valence electrons. The number of ether oxygens (including phenoxy) is 1. The van der Waals surface area contributed by atoms with Gasteiger partial charge in [0.15, 0.2) is 0 Å². The van der Waals surface area contributed by atoms with Crippen LogP contribution in [0.15, 0.2) is 83.8 Å². The number of hydrogen-bond acceptors (Lipinski definition) is 4. The number of methoxy groups -OCH3 is 1. The van der Waals surface area contributed by atoms with Crippen LogP contribution in [-0.2, 0) is 27.7 Å². The number of amides is 1. The number of carbonyl (C=O) groups excluding carboxylic acids is 1.